The van der Waals surface area contributed by atoms with Crippen LogP contribution in [0.5, 0.6) is 0 Å². The van der Waals surface area contributed by atoms with Gasteiger partial charge in [-0.2, -0.15) is 0 Å². The lowest BCUT2D eigenvalue weighted by Gasteiger charge is -2.17. The standard InChI is InChI=1S/C11H19NO4/c1-4-12(5-2)6-7-16-10(13)8-9(3)11(14)15/h3-8H2,1-2H3,(H,14,15). The zero-order valence-electron chi connectivity index (χ0n) is 9.86. The number of carbonyl (C=O) groups is 2. The van der Waals surface area contributed by atoms with Gasteiger partial charge in [0.15, 0.2) is 0 Å². The summed E-state index contributed by atoms with van der Waals surface area (Å²) in [5.41, 5.74) is -0.146. The third-order valence-electron chi connectivity index (χ3n) is 2.23. The van der Waals surface area contributed by atoms with E-state index in [-0.39, 0.29) is 18.6 Å². The van der Waals surface area contributed by atoms with Gasteiger partial charge in [0, 0.05) is 12.1 Å². The second-order valence-corrected chi connectivity index (χ2v) is 3.33. The first-order chi connectivity index (χ1) is 7.51. The van der Waals surface area contributed by atoms with E-state index in [4.69, 9.17) is 9.84 Å². The van der Waals surface area contributed by atoms with Crippen molar-refractivity contribution in [3.63, 3.8) is 0 Å². The summed E-state index contributed by atoms with van der Waals surface area (Å²) in [7, 11) is 0. The van der Waals surface area contributed by atoms with Crippen LogP contribution >= 0.6 is 0 Å². The highest BCUT2D eigenvalue weighted by atomic mass is 16.5. The van der Waals surface area contributed by atoms with Gasteiger partial charge in [0.2, 0.25) is 0 Å². The molecule has 0 saturated heterocycles. The van der Waals surface area contributed by atoms with Crippen molar-refractivity contribution < 1.29 is 19.4 Å². The van der Waals surface area contributed by atoms with E-state index in [1.54, 1.807) is 0 Å². The van der Waals surface area contributed by atoms with E-state index in [1.807, 2.05) is 13.8 Å². The summed E-state index contributed by atoms with van der Waals surface area (Å²) in [5.74, 6) is -1.71. The number of carboxylic acid groups (broad SMARTS) is 1. The summed E-state index contributed by atoms with van der Waals surface area (Å²) >= 11 is 0. The molecule has 0 radical (unpaired) electrons. The lowest BCUT2D eigenvalue weighted by molar-refractivity contribution is -0.145. The van der Waals surface area contributed by atoms with Crippen LogP contribution in [0.15, 0.2) is 12.2 Å². The Kier molecular flexibility index (Phi) is 7.20. The average molecular weight is 229 g/mol. The molecule has 0 aliphatic heterocycles. The van der Waals surface area contributed by atoms with Gasteiger partial charge in [-0.15, -0.1) is 0 Å². The molecule has 0 aromatic rings. The molecule has 0 atom stereocenters. The van der Waals surface area contributed by atoms with E-state index in [9.17, 15) is 9.59 Å². The minimum Gasteiger partial charge on any atom is -0.478 e. The smallest absolute Gasteiger partial charge is 0.331 e. The molecule has 0 unspecified atom stereocenters. The van der Waals surface area contributed by atoms with Gasteiger partial charge in [-0.25, -0.2) is 4.79 Å². The predicted molar refractivity (Wildman–Crippen MR) is 60.1 cm³/mol. The lowest BCUT2D eigenvalue weighted by atomic mass is 10.2. The Morgan fingerprint density at radius 2 is 1.88 bits per heavy atom. The van der Waals surface area contributed by atoms with Crippen molar-refractivity contribution in [1.82, 2.24) is 4.90 Å². The summed E-state index contributed by atoms with van der Waals surface area (Å²) < 4.78 is 4.89. The summed E-state index contributed by atoms with van der Waals surface area (Å²) in [5, 5.41) is 8.51. The van der Waals surface area contributed by atoms with Gasteiger partial charge in [-0.3, -0.25) is 4.79 Å². The number of carboxylic acids is 1. The number of nitrogens with zero attached hydrogens (tertiary/aromatic N) is 1. The Labute approximate surface area is 95.7 Å². The second kappa shape index (κ2) is 7.87. The van der Waals surface area contributed by atoms with E-state index in [0.717, 1.165) is 13.1 Å². The molecule has 92 valence electrons. The van der Waals surface area contributed by atoms with Gasteiger partial charge < -0.3 is 14.7 Å². The van der Waals surface area contributed by atoms with Gasteiger partial charge in [0.25, 0.3) is 0 Å². The molecular formula is C11H19NO4. The predicted octanol–water partition coefficient (Wildman–Crippen LogP) is 0.902. The summed E-state index contributed by atoms with van der Waals surface area (Å²) in [6.07, 6.45) is -0.256. The van der Waals surface area contributed by atoms with Gasteiger partial charge in [0.05, 0.1) is 6.42 Å². The fourth-order valence-corrected chi connectivity index (χ4v) is 1.13. The highest BCUT2D eigenvalue weighted by Crippen LogP contribution is 2.00. The Bertz CT molecular complexity index is 259. The van der Waals surface area contributed by atoms with Crippen molar-refractivity contribution >= 4 is 11.9 Å². The normalized spacial score (nSPS) is 10.2. The average Bonchev–Trinajstić information content (AvgIpc) is 2.24. The van der Waals surface area contributed by atoms with Crippen LogP contribution in [0.25, 0.3) is 0 Å². The maximum absolute atomic E-state index is 11.2. The van der Waals surface area contributed by atoms with Gasteiger partial charge in [-0.05, 0) is 13.1 Å². The maximum Gasteiger partial charge on any atom is 0.331 e. The Morgan fingerprint density at radius 3 is 2.31 bits per heavy atom. The van der Waals surface area contributed by atoms with Crippen LogP contribution in [0.1, 0.15) is 20.3 Å². The highest BCUT2D eigenvalue weighted by Gasteiger charge is 2.11. The topological polar surface area (TPSA) is 66.8 Å². The number of hydrogen-bond donors (Lipinski definition) is 1. The number of rotatable bonds is 8. The number of likely N-dealkylation sites (N-methyl/N-ethyl adjacent to an activating group) is 1. The van der Waals surface area contributed by atoms with Gasteiger partial charge in [0.1, 0.15) is 6.61 Å². The van der Waals surface area contributed by atoms with Gasteiger partial charge in [-0.1, -0.05) is 20.4 Å². The molecule has 0 saturated carbocycles. The molecule has 0 aromatic carbocycles. The van der Waals surface area contributed by atoms with Crippen LogP contribution in [-0.2, 0) is 14.3 Å². The zero-order chi connectivity index (χ0) is 12.6. The summed E-state index contributed by atoms with van der Waals surface area (Å²) in [6, 6.07) is 0. The second-order valence-electron chi connectivity index (χ2n) is 3.33. The molecule has 0 amide bonds. The molecule has 0 fully saturated rings. The van der Waals surface area contributed by atoms with E-state index >= 15 is 0 Å². The van der Waals surface area contributed by atoms with Crippen molar-refractivity contribution in [3.8, 4) is 0 Å². The van der Waals surface area contributed by atoms with Crippen LogP contribution in [0.3, 0.4) is 0 Å². The van der Waals surface area contributed by atoms with Crippen molar-refractivity contribution in [1.29, 1.82) is 0 Å². The van der Waals surface area contributed by atoms with Gasteiger partial charge >= 0.3 is 11.9 Å². The molecule has 5 heteroatoms. The van der Waals surface area contributed by atoms with Crippen LogP contribution in [0, 0.1) is 0 Å². The van der Waals surface area contributed by atoms with Crippen molar-refractivity contribution in [2.45, 2.75) is 20.3 Å². The largest absolute Gasteiger partial charge is 0.478 e. The third-order valence-corrected chi connectivity index (χ3v) is 2.23. The van der Waals surface area contributed by atoms with E-state index in [1.165, 1.54) is 0 Å². The molecule has 16 heavy (non-hydrogen) atoms. The number of aliphatic carboxylic acids is 1. The molecule has 0 spiro atoms. The quantitative estimate of drug-likeness (QED) is 0.495. The number of hydrogen-bond acceptors (Lipinski definition) is 4. The molecule has 0 aromatic heterocycles. The first kappa shape index (κ1) is 14.6. The van der Waals surface area contributed by atoms with Crippen LogP contribution in [-0.4, -0.2) is 48.2 Å². The molecule has 1 N–H and O–H groups in total. The van der Waals surface area contributed by atoms with Crippen molar-refractivity contribution in [2.24, 2.45) is 0 Å². The van der Waals surface area contributed by atoms with Crippen molar-refractivity contribution in [2.75, 3.05) is 26.2 Å². The molecular weight excluding hydrogens is 210 g/mol. The van der Waals surface area contributed by atoms with Crippen molar-refractivity contribution in [3.05, 3.63) is 12.2 Å². The first-order valence-corrected chi connectivity index (χ1v) is 5.30. The maximum atomic E-state index is 11.2. The highest BCUT2D eigenvalue weighted by molar-refractivity contribution is 5.91. The van der Waals surface area contributed by atoms with E-state index in [0.29, 0.717) is 6.54 Å². The summed E-state index contributed by atoms with van der Waals surface area (Å²) in [4.78, 5) is 23.7. The fourth-order valence-electron chi connectivity index (χ4n) is 1.13. The van der Waals surface area contributed by atoms with E-state index in [2.05, 4.69) is 11.5 Å². The van der Waals surface area contributed by atoms with Crippen LogP contribution < -0.4 is 0 Å². The molecule has 0 aliphatic carbocycles. The van der Waals surface area contributed by atoms with E-state index < -0.39 is 11.9 Å². The number of ether oxygens (including phenoxy) is 1. The molecule has 0 rings (SSSR count). The minimum atomic E-state index is -1.17. The minimum absolute atomic E-state index is 0.146. The first-order valence-electron chi connectivity index (χ1n) is 5.30. The Balaban J connectivity index is 3.74. The SMILES string of the molecule is C=C(CC(=O)OCCN(CC)CC)C(=O)O. The zero-order valence-corrected chi connectivity index (χ0v) is 9.86. The lowest BCUT2D eigenvalue weighted by Crippen LogP contribution is -2.28. The summed E-state index contributed by atoms with van der Waals surface area (Å²) in [6.45, 7) is 10.1. The molecule has 0 heterocycles. The Hall–Kier alpha value is -1.36. The number of carbonyl (C=O) groups excluding carboxylic acids is 1. The monoisotopic (exact) mass is 229 g/mol. The molecule has 0 aliphatic rings. The number of esters is 1. The molecule has 0 bridgehead atoms. The molecule has 5 nitrogen and oxygen atoms in total. The Morgan fingerprint density at radius 1 is 1.31 bits per heavy atom. The fraction of sp³-hybridized carbons (Fsp3) is 0.636. The van der Waals surface area contributed by atoms with Crippen LogP contribution in [0.4, 0.5) is 0 Å². The third kappa shape index (κ3) is 6.19. The van der Waals surface area contributed by atoms with Crippen LogP contribution in [0.2, 0.25) is 0 Å².